The Bertz CT molecular complexity index is 314. The van der Waals surface area contributed by atoms with Crippen LogP contribution in [0.4, 0.5) is 0 Å². The number of carbonyl (C=O) groups excluding carboxylic acids is 1. The summed E-state index contributed by atoms with van der Waals surface area (Å²) in [6, 6.07) is -3.10. The first kappa shape index (κ1) is 23.5. The molecule has 0 aliphatic heterocycles. The Balaban J connectivity index is 3.24. The van der Waals surface area contributed by atoms with Crippen LogP contribution in [0.3, 0.4) is 0 Å². The molecule has 0 spiro atoms. The van der Waals surface area contributed by atoms with Crippen molar-refractivity contribution in [3.8, 4) is 0 Å². The average molecular weight is 400 g/mol. The van der Waals surface area contributed by atoms with Gasteiger partial charge < -0.3 is 4.79 Å². The molecule has 0 fully saturated rings. The number of allylic oxidation sites excluding steroid dienone is 2. The standard InChI is InChI=1S/C18H33Cl3OSi/c1-2-3-4-5-6-7-8-9-10-11-12-13-14-15-16-17-18(22)23(19,20)21/h9-10H,2-8,11-17H2,1H3. The zero-order valence-corrected chi connectivity index (χ0v) is 17.9. The van der Waals surface area contributed by atoms with E-state index in [0.717, 1.165) is 12.8 Å². The Morgan fingerprint density at radius 2 is 1.17 bits per heavy atom. The summed E-state index contributed by atoms with van der Waals surface area (Å²) in [4.78, 5) is 11.5. The van der Waals surface area contributed by atoms with Gasteiger partial charge in [-0.15, -0.1) is 33.2 Å². The monoisotopic (exact) mass is 398 g/mol. The van der Waals surface area contributed by atoms with Gasteiger partial charge in [-0.25, -0.2) is 0 Å². The molecule has 0 radical (unpaired) electrons. The predicted octanol–water partition coefficient (Wildman–Crippen LogP) is 7.79. The summed E-state index contributed by atoms with van der Waals surface area (Å²) in [5.74, 6) is 0. The molecular weight excluding hydrogens is 367 g/mol. The fourth-order valence-corrected chi connectivity index (χ4v) is 3.81. The number of hydrogen-bond donors (Lipinski definition) is 0. The molecule has 0 heterocycles. The highest BCUT2D eigenvalue weighted by Gasteiger charge is 2.34. The number of halogens is 3. The van der Waals surface area contributed by atoms with Crippen LogP contribution in [-0.2, 0) is 4.79 Å². The largest absolute Gasteiger partial charge is 0.410 e. The topological polar surface area (TPSA) is 17.1 Å². The van der Waals surface area contributed by atoms with Crippen LogP contribution in [0.1, 0.15) is 96.8 Å². The molecule has 0 N–H and O–H groups in total. The molecule has 0 bridgehead atoms. The van der Waals surface area contributed by atoms with Crippen LogP contribution >= 0.6 is 33.2 Å². The van der Waals surface area contributed by atoms with Crippen molar-refractivity contribution in [2.75, 3.05) is 0 Å². The molecule has 0 aliphatic carbocycles. The van der Waals surface area contributed by atoms with Crippen molar-refractivity contribution in [3.05, 3.63) is 12.2 Å². The first-order valence-corrected chi connectivity index (χ1v) is 14.3. The summed E-state index contributed by atoms with van der Waals surface area (Å²) in [6.45, 7) is 2.26. The molecule has 0 amide bonds. The summed E-state index contributed by atoms with van der Waals surface area (Å²) in [5.41, 5.74) is 0. The second-order valence-corrected chi connectivity index (χ2v) is 14.7. The summed E-state index contributed by atoms with van der Waals surface area (Å²) < 4.78 is 0. The molecule has 5 heteroatoms. The number of unbranched alkanes of at least 4 members (excludes halogenated alkanes) is 11. The lowest BCUT2D eigenvalue weighted by atomic mass is 10.1. The Kier molecular flexibility index (Phi) is 16.3. The van der Waals surface area contributed by atoms with E-state index in [2.05, 4.69) is 19.1 Å². The molecule has 1 nitrogen and oxygen atoms in total. The third-order valence-electron chi connectivity index (χ3n) is 3.98. The van der Waals surface area contributed by atoms with E-state index in [1.54, 1.807) is 0 Å². The smallest absolute Gasteiger partial charge is 0.300 e. The molecule has 0 rings (SSSR count). The fourth-order valence-electron chi connectivity index (χ4n) is 2.50. The van der Waals surface area contributed by atoms with Gasteiger partial charge in [0, 0.05) is 6.42 Å². The van der Waals surface area contributed by atoms with Gasteiger partial charge in [-0.05, 0) is 32.1 Å². The van der Waals surface area contributed by atoms with Gasteiger partial charge in [-0.1, -0.05) is 70.4 Å². The number of carbonyl (C=O) groups is 1. The highest BCUT2D eigenvalue weighted by Crippen LogP contribution is 2.23. The van der Waals surface area contributed by atoms with Gasteiger partial charge in [-0.2, -0.15) is 0 Å². The summed E-state index contributed by atoms with van der Waals surface area (Å²) >= 11 is 17.0. The van der Waals surface area contributed by atoms with Crippen LogP contribution < -0.4 is 0 Å². The van der Waals surface area contributed by atoms with Gasteiger partial charge in [0.05, 0.1) is 0 Å². The van der Waals surface area contributed by atoms with E-state index in [-0.39, 0.29) is 5.41 Å². The van der Waals surface area contributed by atoms with Gasteiger partial charge in [0.1, 0.15) is 0 Å². The van der Waals surface area contributed by atoms with E-state index in [1.165, 1.54) is 70.6 Å². The Labute approximate surface area is 158 Å². The minimum Gasteiger partial charge on any atom is -0.300 e. The SMILES string of the molecule is CCCCCCCCC=CCCCCCCCC(=O)[Si](Cl)(Cl)Cl. The lowest BCUT2D eigenvalue weighted by molar-refractivity contribution is -0.112. The van der Waals surface area contributed by atoms with E-state index in [1.807, 2.05) is 0 Å². The highest BCUT2D eigenvalue weighted by atomic mass is 35.8. The van der Waals surface area contributed by atoms with E-state index < -0.39 is 6.00 Å². The molecule has 0 aliphatic rings. The van der Waals surface area contributed by atoms with Gasteiger partial charge in [0.15, 0.2) is 5.41 Å². The highest BCUT2D eigenvalue weighted by molar-refractivity contribution is 7.75. The summed E-state index contributed by atoms with van der Waals surface area (Å²) in [6.07, 6.45) is 21.2. The zero-order chi connectivity index (χ0) is 17.4. The van der Waals surface area contributed by atoms with Crippen LogP contribution in [0, 0.1) is 0 Å². The lowest BCUT2D eigenvalue weighted by Crippen LogP contribution is -2.24. The van der Waals surface area contributed by atoms with Crippen molar-refractivity contribution in [1.82, 2.24) is 0 Å². The molecule has 23 heavy (non-hydrogen) atoms. The average Bonchev–Trinajstić information content (AvgIpc) is 2.50. The van der Waals surface area contributed by atoms with Crippen molar-refractivity contribution in [1.29, 1.82) is 0 Å². The molecular formula is C18H33Cl3OSi. The van der Waals surface area contributed by atoms with Crippen LogP contribution in [0.5, 0.6) is 0 Å². The van der Waals surface area contributed by atoms with E-state index in [9.17, 15) is 4.79 Å². The lowest BCUT2D eigenvalue weighted by Gasteiger charge is -2.05. The maximum atomic E-state index is 11.5. The first-order chi connectivity index (χ1) is 11.0. The van der Waals surface area contributed by atoms with Gasteiger partial charge in [0.25, 0.3) is 0 Å². The van der Waals surface area contributed by atoms with Crippen molar-refractivity contribution >= 4 is 44.6 Å². The third kappa shape index (κ3) is 17.1. The summed E-state index contributed by atoms with van der Waals surface area (Å²) in [5, 5.41) is -0.153. The Morgan fingerprint density at radius 1 is 0.739 bits per heavy atom. The van der Waals surface area contributed by atoms with Crippen molar-refractivity contribution in [2.45, 2.75) is 96.8 Å². The van der Waals surface area contributed by atoms with Crippen LogP contribution in [0.2, 0.25) is 0 Å². The molecule has 0 unspecified atom stereocenters. The van der Waals surface area contributed by atoms with Crippen LogP contribution in [0.15, 0.2) is 12.2 Å². The molecule has 0 saturated carbocycles. The van der Waals surface area contributed by atoms with E-state index >= 15 is 0 Å². The van der Waals surface area contributed by atoms with Crippen LogP contribution in [0.25, 0.3) is 0 Å². The normalized spacial score (nSPS) is 12.2. The first-order valence-electron chi connectivity index (χ1n) is 9.23. The minimum atomic E-state index is -3.10. The second-order valence-electron chi connectivity index (χ2n) is 6.26. The molecule has 136 valence electrons. The van der Waals surface area contributed by atoms with Crippen molar-refractivity contribution in [3.63, 3.8) is 0 Å². The number of rotatable bonds is 16. The fraction of sp³-hybridized carbons (Fsp3) is 0.833. The maximum Gasteiger partial charge on any atom is 0.410 e. The maximum absolute atomic E-state index is 11.5. The molecule has 0 saturated heterocycles. The quantitative estimate of drug-likeness (QED) is 0.112. The minimum absolute atomic E-state index is 0.153. The van der Waals surface area contributed by atoms with Gasteiger partial charge >= 0.3 is 6.00 Å². The van der Waals surface area contributed by atoms with Gasteiger partial charge in [-0.3, -0.25) is 0 Å². The van der Waals surface area contributed by atoms with Crippen LogP contribution in [-0.4, -0.2) is 11.4 Å². The number of hydrogen-bond acceptors (Lipinski definition) is 1. The third-order valence-corrected chi connectivity index (χ3v) is 6.76. The Morgan fingerprint density at radius 3 is 1.65 bits per heavy atom. The molecule has 0 atom stereocenters. The van der Waals surface area contributed by atoms with E-state index in [0.29, 0.717) is 6.42 Å². The van der Waals surface area contributed by atoms with Crippen molar-refractivity contribution < 1.29 is 4.79 Å². The summed E-state index contributed by atoms with van der Waals surface area (Å²) in [7, 11) is 0. The Hall–Kier alpha value is 0.497. The zero-order valence-electron chi connectivity index (χ0n) is 14.6. The molecule has 0 aromatic carbocycles. The van der Waals surface area contributed by atoms with Gasteiger partial charge in [0.2, 0.25) is 0 Å². The second kappa shape index (κ2) is 16.0. The predicted molar refractivity (Wildman–Crippen MR) is 108 cm³/mol. The van der Waals surface area contributed by atoms with Crippen molar-refractivity contribution in [2.24, 2.45) is 0 Å². The van der Waals surface area contributed by atoms with E-state index in [4.69, 9.17) is 33.2 Å². The molecule has 0 aromatic heterocycles. The molecule has 0 aromatic rings.